The molecule has 1 aliphatic heterocycles. The Kier molecular flexibility index (Phi) is 5.19. The van der Waals surface area contributed by atoms with E-state index in [1.165, 1.54) is 0 Å². The number of hydrogen-bond donors (Lipinski definition) is 1. The van der Waals surface area contributed by atoms with Gasteiger partial charge in [0.15, 0.2) is 0 Å². The Morgan fingerprint density at radius 1 is 1.25 bits per heavy atom. The number of amides is 2. The topological polar surface area (TPSA) is 58.6 Å². The van der Waals surface area contributed by atoms with Crippen LogP contribution >= 0.6 is 0 Å². The van der Waals surface area contributed by atoms with Gasteiger partial charge in [0.2, 0.25) is 11.8 Å². The smallest absolute Gasteiger partial charge is 0.224 e. The molecule has 1 N–H and O–H groups in total. The normalized spacial score (nSPS) is 21.3. The first-order valence-electron chi connectivity index (χ1n) is 8.74. The molecule has 2 amide bonds. The van der Waals surface area contributed by atoms with Gasteiger partial charge in [0.1, 0.15) is 0 Å². The average Bonchev–Trinajstić information content (AvgIpc) is 3.29. The molecule has 1 spiro atoms. The Bertz CT molecular complexity index is 582. The van der Waals surface area contributed by atoms with Crippen molar-refractivity contribution in [3.8, 4) is 0 Å². The SMILES string of the molecule is CN(Cc1ccccc1)C(=O)CCNC(=O)C1CC12CCOCC2. The maximum absolute atomic E-state index is 12.2. The van der Waals surface area contributed by atoms with E-state index in [0.29, 0.717) is 19.5 Å². The molecule has 2 fully saturated rings. The van der Waals surface area contributed by atoms with E-state index in [0.717, 1.165) is 38.0 Å². The third kappa shape index (κ3) is 3.96. The van der Waals surface area contributed by atoms with Crippen molar-refractivity contribution in [1.29, 1.82) is 0 Å². The van der Waals surface area contributed by atoms with E-state index in [9.17, 15) is 9.59 Å². The number of carbonyl (C=O) groups is 2. The van der Waals surface area contributed by atoms with Crippen molar-refractivity contribution in [2.45, 2.75) is 32.2 Å². The summed E-state index contributed by atoms with van der Waals surface area (Å²) in [6.07, 6.45) is 3.30. The van der Waals surface area contributed by atoms with Gasteiger partial charge in [-0.2, -0.15) is 0 Å². The summed E-state index contributed by atoms with van der Waals surface area (Å²) in [4.78, 5) is 26.1. The molecule has 5 heteroatoms. The molecule has 0 aromatic heterocycles. The van der Waals surface area contributed by atoms with Crippen molar-refractivity contribution < 1.29 is 14.3 Å². The lowest BCUT2D eigenvalue weighted by atomic mass is 9.93. The van der Waals surface area contributed by atoms with Crippen LogP contribution in [0.4, 0.5) is 0 Å². The van der Waals surface area contributed by atoms with Crippen molar-refractivity contribution in [2.24, 2.45) is 11.3 Å². The van der Waals surface area contributed by atoms with Crippen LogP contribution in [0.1, 0.15) is 31.2 Å². The lowest BCUT2D eigenvalue weighted by molar-refractivity contribution is -0.130. The molecule has 1 aromatic rings. The maximum atomic E-state index is 12.2. The third-order valence-electron chi connectivity index (χ3n) is 5.32. The van der Waals surface area contributed by atoms with Gasteiger partial charge < -0.3 is 15.0 Å². The van der Waals surface area contributed by atoms with Crippen LogP contribution in [0.5, 0.6) is 0 Å². The number of ether oxygens (including phenoxy) is 1. The summed E-state index contributed by atoms with van der Waals surface area (Å²) in [5, 5.41) is 2.94. The van der Waals surface area contributed by atoms with Crippen molar-refractivity contribution in [3.63, 3.8) is 0 Å². The lowest BCUT2D eigenvalue weighted by Crippen LogP contribution is -2.34. The van der Waals surface area contributed by atoms with Crippen molar-refractivity contribution >= 4 is 11.8 Å². The van der Waals surface area contributed by atoms with Crippen LogP contribution in [-0.2, 0) is 20.9 Å². The molecule has 1 unspecified atom stereocenters. The Hall–Kier alpha value is -1.88. The average molecular weight is 330 g/mol. The van der Waals surface area contributed by atoms with E-state index in [2.05, 4.69) is 5.32 Å². The molecule has 24 heavy (non-hydrogen) atoms. The van der Waals surface area contributed by atoms with E-state index >= 15 is 0 Å². The number of nitrogens with zero attached hydrogens (tertiary/aromatic N) is 1. The highest BCUT2D eigenvalue weighted by molar-refractivity contribution is 5.83. The van der Waals surface area contributed by atoms with Crippen LogP contribution in [0, 0.1) is 11.3 Å². The standard InChI is InChI=1S/C19H26N2O3/c1-21(14-15-5-3-2-4-6-15)17(22)7-10-20-18(23)16-13-19(16)8-11-24-12-9-19/h2-6,16H,7-14H2,1H3,(H,20,23). The highest BCUT2D eigenvalue weighted by atomic mass is 16.5. The van der Waals surface area contributed by atoms with E-state index in [4.69, 9.17) is 4.74 Å². The van der Waals surface area contributed by atoms with Gasteiger partial charge in [-0.15, -0.1) is 0 Å². The predicted octanol–water partition coefficient (Wildman–Crippen LogP) is 1.97. The highest BCUT2D eigenvalue weighted by Gasteiger charge is 2.57. The third-order valence-corrected chi connectivity index (χ3v) is 5.32. The molecule has 1 aliphatic carbocycles. The van der Waals surface area contributed by atoms with Crippen molar-refractivity contribution in [2.75, 3.05) is 26.8 Å². The molecular weight excluding hydrogens is 304 g/mol. The van der Waals surface area contributed by atoms with Gasteiger partial charge in [-0.1, -0.05) is 30.3 Å². The molecule has 0 radical (unpaired) electrons. The monoisotopic (exact) mass is 330 g/mol. The number of benzene rings is 1. The lowest BCUT2D eigenvalue weighted by Gasteiger charge is -2.22. The second kappa shape index (κ2) is 7.34. The van der Waals surface area contributed by atoms with E-state index in [1.807, 2.05) is 30.3 Å². The van der Waals surface area contributed by atoms with Crippen LogP contribution in [0.2, 0.25) is 0 Å². The highest BCUT2D eigenvalue weighted by Crippen LogP contribution is 2.59. The molecule has 1 aromatic carbocycles. The van der Waals surface area contributed by atoms with Crippen molar-refractivity contribution in [1.82, 2.24) is 10.2 Å². The van der Waals surface area contributed by atoms with Crippen LogP contribution in [-0.4, -0.2) is 43.5 Å². The molecule has 3 rings (SSSR count). The quantitative estimate of drug-likeness (QED) is 0.867. The molecule has 0 bridgehead atoms. The summed E-state index contributed by atoms with van der Waals surface area (Å²) in [6, 6.07) is 9.91. The summed E-state index contributed by atoms with van der Waals surface area (Å²) in [5.41, 5.74) is 1.30. The number of carbonyl (C=O) groups excluding carboxylic acids is 2. The first-order chi connectivity index (χ1) is 11.6. The molecule has 130 valence electrons. The fourth-order valence-electron chi connectivity index (χ4n) is 3.60. The molecule has 1 saturated carbocycles. The molecule has 5 nitrogen and oxygen atoms in total. The van der Waals surface area contributed by atoms with Gasteiger partial charge in [-0.05, 0) is 30.2 Å². The van der Waals surface area contributed by atoms with Crippen LogP contribution in [0.3, 0.4) is 0 Å². The predicted molar refractivity (Wildman–Crippen MR) is 91.1 cm³/mol. The van der Waals surface area contributed by atoms with Crippen molar-refractivity contribution in [3.05, 3.63) is 35.9 Å². The Balaban J connectivity index is 1.37. The van der Waals surface area contributed by atoms with Gasteiger partial charge in [-0.3, -0.25) is 9.59 Å². The second-order valence-corrected chi connectivity index (χ2v) is 7.01. The fraction of sp³-hybridized carbons (Fsp3) is 0.579. The summed E-state index contributed by atoms with van der Waals surface area (Å²) in [6.45, 7) is 2.55. The number of hydrogen-bond acceptors (Lipinski definition) is 3. The summed E-state index contributed by atoms with van der Waals surface area (Å²) >= 11 is 0. The van der Waals surface area contributed by atoms with Gasteiger partial charge in [0.25, 0.3) is 0 Å². The minimum absolute atomic E-state index is 0.0516. The summed E-state index contributed by atoms with van der Waals surface area (Å²) in [7, 11) is 1.80. The molecule has 1 atom stereocenters. The van der Waals surface area contributed by atoms with E-state index in [1.54, 1.807) is 11.9 Å². The number of nitrogens with one attached hydrogen (secondary N) is 1. The first-order valence-corrected chi connectivity index (χ1v) is 8.74. The van der Waals surface area contributed by atoms with E-state index in [-0.39, 0.29) is 23.1 Å². The summed E-state index contributed by atoms with van der Waals surface area (Å²) in [5.74, 6) is 0.282. The van der Waals surface area contributed by atoms with Gasteiger partial charge in [-0.25, -0.2) is 0 Å². The molecular formula is C19H26N2O3. The first kappa shape index (κ1) is 17.0. The van der Waals surface area contributed by atoms with Crippen LogP contribution < -0.4 is 5.32 Å². The Labute approximate surface area is 143 Å². The zero-order valence-corrected chi connectivity index (χ0v) is 14.3. The minimum Gasteiger partial charge on any atom is -0.381 e. The van der Waals surface area contributed by atoms with E-state index < -0.39 is 0 Å². The molecule has 1 saturated heterocycles. The fourth-order valence-corrected chi connectivity index (χ4v) is 3.60. The van der Waals surface area contributed by atoms with Gasteiger partial charge in [0.05, 0.1) is 0 Å². The zero-order valence-electron chi connectivity index (χ0n) is 14.3. The minimum atomic E-state index is 0.0516. The molecule has 1 heterocycles. The largest absolute Gasteiger partial charge is 0.381 e. The van der Waals surface area contributed by atoms with Crippen LogP contribution in [0.25, 0.3) is 0 Å². The zero-order chi connectivity index (χ0) is 17.0. The summed E-state index contributed by atoms with van der Waals surface area (Å²) < 4.78 is 5.38. The number of rotatable bonds is 6. The Morgan fingerprint density at radius 2 is 1.96 bits per heavy atom. The maximum Gasteiger partial charge on any atom is 0.224 e. The molecule has 2 aliphatic rings. The van der Waals surface area contributed by atoms with Crippen LogP contribution in [0.15, 0.2) is 30.3 Å². The van der Waals surface area contributed by atoms with Gasteiger partial charge in [0, 0.05) is 45.7 Å². The Morgan fingerprint density at radius 3 is 2.67 bits per heavy atom. The van der Waals surface area contributed by atoms with Gasteiger partial charge >= 0.3 is 0 Å². The second-order valence-electron chi connectivity index (χ2n) is 7.01.